The van der Waals surface area contributed by atoms with E-state index >= 15 is 0 Å². The fourth-order valence-electron chi connectivity index (χ4n) is 2.86. The van der Waals surface area contributed by atoms with Gasteiger partial charge in [0.2, 0.25) is 0 Å². The molecule has 0 heterocycles. The van der Waals surface area contributed by atoms with Gasteiger partial charge < -0.3 is 10.6 Å². The Labute approximate surface area is 118 Å². The van der Waals surface area contributed by atoms with E-state index < -0.39 is 0 Å². The molecule has 2 N–H and O–H groups in total. The first kappa shape index (κ1) is 14.5. The average Bonchev–Trinajstić information content (AvgIpc) is 3.12. The summed E-state index contributed by atoms with van der Waals surface area (Å²) in [6, 6.07) is 6.76. The number of benzene rings is 1. The lowest BCUT2D eigenvalue weighted by Gasteiger charge is -2.26. The molecule has 2 nitrogen and oxygen atoms in total. The zero-order valence-corrected chi connectivity index (χ0v) is 12.7. The van der Waals surface area contributed by atoms with Gasteiger partial charge in [-0.1, -0.05) is 30.7 Å². The molecular formula is C17H28N2. The van der Waals surface area contributed by atoms with Gasteiger partial charge in [0.1, 0.15) is 0 Å². The van der Waals surface area contributed by atoms with Crippen LogP contribution in [0.3, 0.4) is 0 Å². The van der Waals surface area contributed by atoms with Gasteiger partial charge in [-0.3, -0.25) is 0 Å². The number of aryl methyl sites for hydroxylation is 2. The van der Waals surface area contributed by atoms with Crippen molar-refractivity contribution in [3.63, 3.8) is 0 Å². The van der Waals surface area contributed by atoms with E-state index in [0.717, 1.165) is 12.5 Å². The van der Waals surface area contributed by atoms with Crippen LogP contribution in [0.25, 0.3) is 0 Å². The van der Waals surface area contributed by atoms with Crippen LogP contribution < -0.4 is 5.73 Å². The first-order valence-electron chi connectivity index (χ1n) is 7.65. The van der Waals surface area contributed by atoms with Gasteiger partial charge in [0.05, 0.1) is 0 Å². The standard InChI is InChI=1S/C17H28N2/c1-4-9-19(11-15-6-7-15)12-17(18)16-8-5-13(2)10-14(16)3/h5,8,10,15,17H,4,6-7,9,11-12,18H2,1-3H3. The maximum Gasteiger partial charge on any atom is 0.0426 e. The predicted molar refractivity (Wildman–Crippen MR) is 82.3 cm³/mol. The first-order chi connectivity index (χ1) is 9.10. The third kappa shape index (κ3) is 4.32. The second kappa shape index (κ2) is 6.53. The van der Waals surface area contributed by atoms with Crippen molar-refractivity contribution < 1.29 is 0 Å². The van der Waals surface area contributed by atoms with Gasteiger partial charge in [-0.15, -0.1) is 0 Å². The highest BCUT2D eigenvalue weighted by Crippen LogP contribution is 2.30. The smallest absolute Gasteiger partial charge is 0.0426 e. The predicted octanol–water partition coefficient (Wildman–Crippen LogP) is 3.43. The van der Waals surface area contributed by atoms with Crippen LogP contribution in [0.15, 0.2) is 18.2 Å². The van der Waals surface area contributed by atoms with E-state index in [1.807, 2.05) is 0 Å². The van der Waals surface area contributed by atoms with E-state index in [4.69, 9.17) is 5.73 Å². The lowest BCUT2D eigenvalue weighted by Crippen LogP contribution is -2.34. The molecule has 0 bridgehead atoms. The number of rotatable bonds is 7. The molecule has 106 valence electrons. The molecule has 1 aliphatic carbocycles. The second-order valence-electron chi connectivity index (χ2n) is 6.17. The fourth-order valence-corrected chi connectivity index (χ4v) is 2.86. The molecule has 2 rings (SSSR count). The second-order valence-corrected chi connectivity index (χ2v) is 6.17. The van der Waals surface area contributed by atoms with Crippen molar-refractivity contribution in [1.82, 2.24) is 4.90 Å². The molecule has 1 aromatic rings. The van der Waals surface area contributed by atoms with Crippen LogP contribution >= 0.6 is 0 Å². The van der Waals surface area contributed by atoms with Crippen molar-refractivity contribution in [1.29, 1.82) is 0 Å². The maximum absolute atomic E-state index is 6.43. The minimum atomic E-state index is 0.144. The molecule has 0 aliphatic heterocycles. The zero-order chi connectivity index (χ0) is 13.8. The van der Waals surface area contributed by atoms with Crippen LogP contribution in [0.1, 0.15) is 48.9 Å². The summed E-state index contributed by atoms with van der Waals surface area (Å²) in [5.41, 5.74) is 10.4. The molecule has 2 heteroatoms. The molecule has 1 unspecified atom stereocenters. The Morgan fingerprint density at radius 2 is 2.05 bits per heavy atom. The summed E-state index contributed by atoms with van der Waals surface area (Å²) in [7, 11) is 0. The van der Waals surface area contributed by atoms with Crippen LogP contribution in [0.5, 0.6) is 0 Å². The largest absolute Gasteiger partial charge is 0.323 e. The van der Waals surface area contributed by atoms with Crippen LogP contribution in [0.2, 0.25) is 0 Å². The third-order valence-electron chi connectivity index (χ3n) is 4.03. The van der Waals surface area contributed by atoms with Gasteiger partial charge in [-0.05, 0) is 56.7 Å². The summed E-state index contributed by atoms with van der Waals surface area (Å²) < 4.78 is 0. The Bertz CT molecular complexity index is 410. The van der Waals surface area contributed by atoms with Gasteiger partial charge in [0.25, 0.3) is 0 Å². The Morgan fingerprint density at radius 3 is 2.63 bits per heavy atom. The van der Waals surface area contributed by atoms with Crippen molar-refractivity contribution in [2.24, 2.45) is 11.7 Å². The quantitative estimate of drug-likeness (QED) is 0.814. The number of nitrogens with two attached hydrogens (primary N) is 1. The summed E-state index contributed by atoms with van der Waals surface area (Å²) in [5, 5.41) is 0. The van der Waals surface area contributed by atoms with Gasteiger partial charge in [0, 0.05) is 19.1 Å². The third-order valence-corrected chi connectivity index (χ3v) is 4.03. The highest BCUT2D eigenvalue weighted by Gasteiger charge is 2.25. The molecule has 19 heavy (non-hydrogen) atoms. The van der Waals surface area contributed by atoms with E-state index in [2.05, 4.69) is 43.9 Å². The van der Waals surface area contributed by atoms with E-state index in [1.54, 1.807) is 0 Å². The Balaban J connectivity index is 1.98. The Kier molecular flexibility index (Phi) is 5.00. The lowest BCUT2D eigenvalue weighted by atomic mass is 9.99. The summed E-state index contributed by atoms with van der Waals surface area (Å²) in [6.45, 7) is 9.98. The van der Waals surface area contributed by atoms with E-state index in [9.17, 15) is 0 Å². The minimum absolute atomic E-state index is 0.144. The van der Waals surface area contributed by atoms with Crippen LogP contribution in [-0.4, -0.2) is 24.5 Å². The molecule has 1 saturated carbocycles. The lowest BCUT2D eigenvalue weighted by molar-refractivity contribution is 0.248. The van der Waals surface area contributed by atoms with Gasteiger partial charge in [0.15, 0.2) is 0 Å². The summed E-state index contributed by atoms with van der Waals surface area (Å²) >= 11 is 0. The number of nitrogens with zero attached hydrogens (tertiary/aromatic N) is 1. The molecule has 1 aromatic carbocycles. The summed E-state index contributed by atoms with van der Waals surface area (Å²) in [4.78, 5) is 2.56. The molecule has 0 spiro atoms. The summed E-state index contributed by atoms with van der Waals surface area (Å²) in [6.07, 6.45) is 4.05. The Hall–Kier alpha value is -0.860. The molecule has 0 radical (unpaired) electrons. The van der Waals surface area contributed by atoms with Gasteiger partial charge in [-0.25, -0.2) is 0 Å². The molecule has 1 atom stereocenters. The van der Waals surface area contributed by atoms with Crippen molar-refractivity contribution in [3.05, 3.63) is 34.9 Å². The molecule has 0 saturated heterocycles. The average molecular weight is 260 g/mol. The SMILES string of the molecule is CCCN(CC1CC1)CC(N)c1ccc(C)cc1C. The number of hydrogen-bond acceptors (Lipinski definition) is 2. The zero-order valence-electron chi connectivity index (χ0n) is 12.7. The van der Waals surface area contributed by atoms with E-state index in [-0.39, 0.29) is 6.04 Å². The highest BCUT2D eigenvalue weighted by molar-refractivity contribution is 5.32. The maximum atomic E-state index is 6.43. The highest BCUT2D eigenvalue weighted by atomic mass is 15.1. The molecule has 0 amide bonds. The van der Waals surface area contributed by atoms with Crippen LogP contribution in [0.4, 0.5) is 0 Å². The summed E-state index contributed by atoms with van der Waals surface area (Å²) in [5.74, 6) is 0.942. The fraction of sp³-hybridized carbons (Fsp3) is 0.647. The molecule has 1 fully saturated rings. The minimum Gasteiger partial charge on any atom is -0.323 e. The normalized spacial score (nSPS) is 16.9. The Morgan fingerprint density at radius 1 is 1.32 bits per heavy atom. The van der Waals surface area contributed by atoms with E-state index in [0.29, 0.717) is 0 Å². The van der Waals surface area contributed by atoms with Crippen LogP contribution in [-0.2, 0) is 0 Å². The van der Waals surface area contributed by atoms with Gasteiger partial charge in [-0.2, -0.15) is 0 Å². The van der Waals surface area contributed by atoms with Crippen molar-refractivity contribution in [2.45, 2.75) is 46.1 Å². The molecule has 1 aliphatic rings. The van der Waals surface area contributed by atoms with Crippen molar-refractivity contribution in [2.75, 3.05) is 19.6 Å². The monoisotopic (exact) mass is 260 g/mol. The van der Waals surface area contributed by atoms with Crippen molar-refractivity contribution >= 4 is 0 Å². The van der Waals surface area contributed by atoms with Crippen molar-refractivity contribution in [3.8, 4) is 0 Å². The number of hydrogen-bond donors (Lipinski definition) is 1. The topological polar surface area (TPSA) is 29.3 Å². The van der Waals surface area contributed by atoms with Crippen LogP contribution in [0, 0.1) is 19.8 Å². The van der Waals surface area contributed by atoms with Gasteiger partial charge >= 0.3 is 0 Å². The van der Waals surface area contributed by atoms with E-state index in [1.165, 1.54) is 49.0 Å². The first-order valence-corrected chi connectivity index (χ1v) is 7.65. The molecule has 0 aromatic heterocycles. The molecular weight excluding hydrogens is 232 g/mol.